The molecule has 0 fully saturated rings. The Morgan fingerprint density at radius 2 is 2.03 bits per heavy atom. The van der Waals surface area contributed by atoms with Crippen LogP contribution in [0.5, 0.6) is 5.75 Å². The smallest absolute Gasteiger partial charge is 0.304 e. The zero-order valence-corrected chi connectivity index (χ0v) is 15.9. The summed E-state index contributed by atoms with van der Waals surface area (Å²) in [7, 11) is 0. The van der Waals surface area contributed by atoms with Gasteiger partial charge in [-0.25, -0.2) is 0 Å². The van der Waals surface area contributed by atoms with Crippen molar-refractivity contribution in [3.63, 3.8) is 0 Å². The monoisotopic (exact) mass is 396 g/mol. The molecule has 1 amide bonds. The topological polar surface area (TPSA) is 129 Å². The van der Waals surface area contributed by atoms with Crippen LogP contribution in [0.1, 0.15) is 17.5 Å². The molecule has 0 aromatic heterocycles. The highest BCUT2D eigenvalue weighted by molar-refractivity contribution is 5.99. The molecule has 2 aromatic carbocycles. The van der Waals surface area contributed by atoms with Crippen LogP contribution in [0.25, 0.3) is 0 Å². The van der Waals surface area contributed by atoms with Gasteiger partial charge in [0.05, 0.1) is 31.1 Å². The second kappa shape index (κ2) is 9.09. The lowest BCUT2D eigenvalue weighted by atomic mass is 9.89. The predicted octanol–water partition coefficient (Wildman–Crippen LogP) is 1.73. The summed E-state index contributed by atoms with van der Waals surface area (Å²) in [5.41, 5.74) is 7.86. The number of nitrogens with one attached hydrogen (secondary N) is 2. The van der Waals surface area contributed by atoms with Gasteiger partial charge in [0.15, 0.2) is 5.96 Å². The number of nitrogens with zero attached hydrogens (tertiary/aromatic N) is 1. The molecule has 0 saturated carbocycles. The van der Waals surface area contributed by atoms with Crippen molar-refractivity contribution >= 4 is 23.5 Å². The molecule has 1 heterocycles. The molecule has 8 heteroatoms. The number of nitrogens with two attached hydrogens (primary N) is 1. The summed E-state index contributed by atoms with van der Waals surface area (Å²) in [5.74, 6) is -1.29. The second-order valence-corrected chi connectivity index (χ2v) is 6.89. The summed E-state index contributed by atoms with van der Waals surface area (Å²) in [6, 6.07) is 15.1. The summed E-state index contributed by atoms with van der Waals surface area (Å²) in [4.78, 5) is 25.9. The van der Waals surface area contributed by atoms with Gasteiger partial charge in [-0.15, -0.1) is 0 Å². The molecule has 5 N–H and O–H groups in total. The fourth-order valence-electron chi connectivity index (χ4n) is 3.40. The Hall–Kier alpha value is -3.55. The maximum absolute atomic E-state index is 13.0. The number of carboxylic acids is 1. The van der Waals surface area contributed by atoms with E-state index < -0.39 is 11.9 Å². The summed E-state index contributed by atoms with van der Waals surface area (Å²) in [6.07, 6.45) is 0.191. The number of anilines is 1. The highest BCUT2D eigenvalue weighted by Crippen LogP contribution is 2.36. The summed E-state index contributed by atoms with van der Waals surface area (Å²) in [5, 5.41) is 19.0. The molecule has 29 heavy (non-hydrogen) atoms. The molecule has 2 aromatic rings. The third-order valence-electron chi connectivity index (χ3n) is 4.72. The maximum Gasteiger partial charge on any atom is 0.304 e. The van der Waals surface area contributed by atoms with Crippen LogP contribution in [0.15, 0.2) is 48.5 Å². The molecule has 8 nitrogen and oxygen atoms in total. The highest BCUT2D eigenvalue weighted by atomic mass is 16.5. The zero-order chi connectivity index (χ0) is 20.8. The van der Waals surface area contributed by atoms with E-state index in [0.29, 0.717) is 31.9 Å². The van der Waals surface area contributed by atoms with Gasteiger partial charge in [-0.2, -0.15) is 0 Å². The Bertz CT molecular complexity index is 901. The largest absolute Gasteiger partial charge is 0.492 e. The van der Waals surface area contributed by atoms with Crippen molar-refractivity contribution in [2.24, 2.45) is 11.7 Å². The van der Waals surface area contributed by atoms with Crippen molar-refractivity contribution < 1.29 is 19.4 Å². The third-order valence-corrected chi connectivity index (χ3v) is 4.72. The molecule has 0 spiro atoms. The fourth-order valence-corrected chi connectivity index (χ4v) is 3.40. The average Bonchev–Trinajstić information content (AvgIpc) is 2.69. The van der Waals surface area contributed by atoms with Gasteiger partial charge in [-0.1, -0.05) is 36.4 Å². The Morgan fingerprint density at radius 1 is 1.28 bits per heavy atom. The minimum absolute atomic E-state index is 0.122. The van der Waals surface area contributed by atoms with E-state index in [1.54, 1.807) is 17.0 Å². The van der Waals surface area contributed by atoms with Crippen LogP contribution >= 0.6 is 0 Å². The van der Waals surface area contributed by atoms with Crippen LogP contribution in [0.2, 0.25) is 0 Å². The van der Waals surface area contributed by atoms with Crippen LogP contribution in [0, 0.1) is 11.3 Å². The average molecular weight is 396 g/mol. The number of rotatable bonds is 8. The molecule has 1 aliphatic rings. The van der Waals surface area contributed by atoms with Crippen LogP contribution in [-0.4, -0.2) is 36.1 Å². The molecular formula is C21H24N4O4. The molecule has 3 rings (SSSR count). The summed E-state index contributed by atoms with van der Waals surface area (Å²) >= 11 is 0. The predicted molar refractivity (Wildman–Crippen MR) is 109 cm³/mol. The molecule has 0 saturated heterocycles. The van der Waals surface area contributed by atoms with E-state index in [1.165, 1.54) is 0 Å². The Balaban J connectivity index is 1.84. The first-order valence-electron chi connectivity index (χ1n) is 9.34. The number of ether oxygens (including phenoxy) is 1. The number of hydrogen-bond acceptors (Lipinski definition) is 4. The number of aliphatic carboxylic acids is 1. The minimum Gasteiger partial charge on any atom is -0.492 e. The van der Waals surface area contributed by atoms with Gasteiger partial charge >= 0.3 is 5.97 Å². The molecule has 152 valence electrons. The fraction of sp³-hybridized carbons (Fsp3) is 0.286. The van der Waals surface area contributed by atoms with Crippen molar-refractivity contribution in [2.75, 3.05) is 18.1 Å². The molecule has 0 aliphatic carbocycles. The first-order valence-corrected chi connectivity index (χ1v) is 9.34. The van der Waals surface area contributed by atoms with E-state index in [9.17, 15) is 14.7 Å². The Morgan fingerprint density at radius 3 is 2.72 bits per heavy atom. The Labute approximate surface area is 168 Å². The number of carbonyl (C=O) groups excluding carboxylic acids is 1. The molecule has 1 aliphatic heterocycles. The normalized spacial score (nSPS) is 15.5. The van der Waals surface area contributed by atoms with Gasteiger partial charge < -0.3 is 25.8 Å². The van der Waals surface area contributed by atoms with Gasteiger partial charge in [0, 0.05) is 6.07 Å². The molecule has 0 bridgehead atoms. The van der Waals surface area contributed by atoms with Crippen LogP contribution in [0.3, 0.4) is 0 Å². The number of benzene rings is 2. The van der Waals surface area contributed by atoms with Crippen LogP contribution < -0.4 is 20.7 Å². The number of hydrogen-bond donors (Lipinski definition) is 4. The van der Waals surface area contributed by atoms with E-state index in [1.807, 2.05) is 36.4 Å². The van der Waals surface area contributed by atoms with Crippen LogP contribution in [-0.2, 0) is 22.6 Å². The van der Waals surface area contributed by atoms with Crippen molar-refractivity contribution in [3.8, 4) is 5.75 Å². The molecular weight excluding hydrogens is 372 g/mol. The lowest BCUT2D eigenvalue weighted by molar-refractivity contribution is -0.140. The van der Waals surface area contributed by atoms with E-state index in [-0.39, 0.29) is 18.3 Å². The van der Waals surface area contributed by atoms with Gasteiger partial charge in [-0.3, -0.25) is 15.0 Å². The number of amides is 1. The van der Waals surface area contributed by atoms with Crippen LogP contribution in [0.4, 0.5) is 5.69 Å². The first kappa shape index (κ1) is 20.2. The van der Waals surface area contributed by atoms with Gasteiger partial charge in [-0.05, 0) is 23.6 Å². The quantitative estimate of drug-likeness (QED) is 0.306. The van der Waals surface area contributed by atoms with E-state index >= 15 is 0 Å². The van der Waals surface area contributed by atoms with Crippen molar-refractivity contribution in [1.29, 1.82) is 5.41 Å². The van der Waals surface area contributed by atoms with Crippen molar-refractivity contribution in [3.05, 3.63) is 59.7 Å². The SMILES string of the molecule is N=C(N)NCCOc1ccc2c(c1)N(Cc1ccccc1)C(=O)C(CC(=O)O)C2. The van der Waals surface area contributed by atoms with E-state index in [4.69, 9.17) is 15.9 Å². The number of carbonyl (C=O) groups is 2. The molecule has 0 radical (unpaired) electrons. The number of carboxylic acid groups (broad SMARTS) is 1. The van der Waals surface area contributed by atoms with Gasteiger partial charge in [0.25, 0.3) is 0 Å². The van der Waals surface area contributed by atoms with Crippen molar-refractivity contribution in [1.82, 2.24) is 5.32 Å². The van der Waals surface area contributed by atoms with Gasteiger partial charge in [0.1, 0.15) is 12.4 Å². The van der Waals surface area contributed by atoms with E-state index in [2.05, 4.69) is 5.32 Å². The lowest BCUT2D eigenvalue weighted by Gasteiger charge is -2.34. The summed E-state index contributed by atoms with van der Waals surface area (Å²) < 4.78 is 5.70. The maximum atomic E-state index is 13.0. The third kappa shape index (κ3) is 5.25. The highest BCUT2D eigenvalue weighted by Gasteiger charge is 2.34. The Kier molecular flexibility index (Phi) is 6.33. The first-order chi connectivity index (χ1) is 13.9. The standard InChI is InChI=1S/C21H24N4O4/c22-21(23)24-8-9-29-17-7-6-15-10-16(11-19(26)27)20(28)25(18(15)12-17)13-14-4-2-1-3-5-14/h1-7,12,16H,8-11,13H2,(H,26,27)(H4,22,23,24). The lowest BCUT2D eigenvalue weighted by Crippen LogP contribution is -2.41. The summed E-state index contributed by atoms with van der Waals surface area (Å²) in [6.45, 7) is 1.06. The minimum atomic E-state index is -0.982. The van der Waals surface area contributed by atoms with Gasteiger partial charge in [0.2, 0.25) is 5.91 Å². The second-order valence-electron chi connectivity index (χ2n) is 6.89. The molecule has 1 unspecified atom stereocenters. The number of fused-ring (bicyclic) bond motifs is 1. The van der Waals surface area contributed by atoms with E-state index in [0.717, 1.165) is 16.8 Å². The zero-order valence-electron chi connectivity index (χ0n) is 15.9. The van der Waals surface area contributed by atoms with Crippen molar-refractivity contribution in [2.45, 2.75) is 19.4 Å². The number of guanidine groups is 1. The molecule has 1 atom stereocenters.